The Morgan fingerprint density at radius 1 is 1.38 bits per heavy atom. The molecule has 0 aliphatic carbocycles. The predicted molar refractivity (Wildman–Crippen MR) is 88.7 cm³/mol. The molecule has 24 heavy (non-hydrogen) atoms. The van der Waals surface area contributed by atoms with Crippen molar-refractivity contribution in [3.8, 4) is 5.75 Å². The fourth-order valence-electron chi connectivity index (χ4n) is 2.71. The summed E-state index contributed by atoms with van der Waals surface area (Å²) >= 11 is 6.93. The van der Waals surface area contributed by atoms with Gasteiger partial charge in [0.15, 0.2) is 5.13 Å². The highest BCUT2D eigenvalue weighted by molar-refractivity contribution is 7.08. The predicted octanol–water partition coefficient (Wildman–Crippen LogP) is 3.82. The first-order valence-corrected chi connectivity index (χ1v) is 8.09. The number of aromatic hydroxyl groups is 1. The van der Waals surface area contributed by atoms with Crippen LogP contribution in [0.1, 0.15) is 21.6 Å². The molecule has 1 aromatic carbocycles. The van der Waals surface area contributed by atoms with Gasteiger partial charge in [0.1, 0.15) is 5.75 Å². The van der Waals surface area contributed by atoms with Crippen molar-refractivity contribution in [2.75, 3.05) is 0 Å². The second kappa shape index (κ2) is 5.92. The van der Waals surface area contributed by atoms with Crippen LogP contribution in [0.4, 0.5) is 4.39 Å². The molecule has 0 spiro atoms. The van der Waals surface area contributed by atoms with Gasteiger partial charge in [0.05, 0.1) is 22.5 Å². The van der Waals surface area contributed by atoms with Gasteiger partial charge in [-0.25, -0.2) is 0 Å². The number of benzene rings is 1. The van der Waals surface area contributed by atoms with Crippen molar-refractivity contribution in [2.24, 2.45) is 0 Å². The first kappa shape index (κ1) is 16.5. The minimum atomic E-state index is -1.09. The van der Waals surface area contributed by atoms with Crippen LogP contribution in [-0.2, 0) is 11.2 Å². The Kier molecular flexibility index (Phi) is 4.06. The van der Waals surface area contributed by atoms with Gasteiger partial charge >= 0.3 is 5.97 Å². The van der Waals surface area contributed by atoms with E-state index in [1.807, 2.05) is 0 Å². The molecule has 2 aromatic heterocycles. The first-order chi connectivity index (χ1) is 11.3. The Bertz CT molecular complexity index is 992. The van der Waals surface area contributed by atoms with E-state index < -0.39 is 17.0 Å². The van der Waals surface area contributed by atoms with Gasteiger partial charge in [-0.3, -0.25) is 14.2 Å². The van der Waals surface area contributed by atoms with Crippen LogP contribution in [0.15, 0.2) is 23.6 Å². The molecule has 0 radical (unpaired) electrons. The van der Waals surface area contributed by atoms with Crippen LogP contribution in [0.2, 0.25) is 5.02 Å². The van der Waals surface area contributed by atoms with E-state index in [4.69, 9.17) is 16.7 Å². The van der Waals surface area contributed by atoms with Crippen LogP contribution in [0.5, 0.6) is 5.75 Å². The van der Waals surface area contributed by atoms with Crippen molar-refractivity contribution in [1.29, 1.82) is 0 Å². The number of carboxylic acid groups (broad SMARTS) is 1. The third kappa shape index (κ3) is 2.55. The molecule has 0 fully saturated rings. The van der Waals surface area contributed by atoms with E-state index in [0.29, 0.717) is 22.2 Å². The number of hydrogen-bond donors (Lipinski definition) is 2. The number of phenolic OH excluding ortho intramolecular Hbond substituents is 1. The van der Waals surface area contributed by atoms with Gasteiger partial charge in [0.25, 0.3) is 5.91 Å². The molecule has 3 aromatic rings. The summed E-state index contributed by atoms with van der Waals surface area (Å²) in [7, 11) is 0. The third-order valence-corrected chi connectivity index (χ3v) is 4.86. The van der Waals surface area contributed by atoms with Crippen molar-refractivity contribution in [3.63, 3.8) is 0 Å². The summed E-state index contributed by atoms with van der Waals surface area (Å²) in [5.74, 6) is -1.79. The average molecular weight is 368 g/mol. The number of phenols is 1. The number of hydrogen-bond acceptors (Lipinski definition) is 4. The molecule has 0 bridgehead atoms. The van der Waals surface area contributed by atoms with Gasteiger partial charge in [0, 0.05) is 16.5 Å². The number of carbonyl (C=O) groups is 2. The van der Waals surface area contributed by atoms with Gasteiger partial charge < -0.3 is 10.2 Å². The lowest BCUT2D eigenvalue weighted by atomic mass is 10.1. The quantitative estimate of drug-likeness (QED) is 0.737. The zero-order valence-corrected chi connectivity index (χ0v) is 13.9. The highest BCUT2D eigenvalue weighted by Crippen LogP contribution is 2.38. The molecule has 5 nitrogen and oxygen atoms in total. The number of rotatable bonds is 3. The van der Waals surface area contributed by atoms with E-state index in [2.05, 4.69) is 0 Å². The van der Waals surface area contributed by atoms with Crippen molar-refractivity contribution < 1.29 is 24.2 Å². The van der Waals surface area contributed by atoms with Crippen molar-refractivity contribution >= 4 is 45.7 Å². The van der Waals surface area contributed by atoms with Gasteiger partial charge in [-0.05, 0) is 30.7 Å². The SMILES string of the molecule is Cc1c(CC(=O)O)c2c(Cl)c(O)ccc2n1C(=O)c1csc(F)c1. The lowest BCUT2D eigenvalue weighted by molar-refractivity contribution is -0.136. The van der Waals surface area contributed by atoms with Crippen LogP contribution < -0.4 is 0 Å². The van der Waals surface area contributed by atoms with Crippen LogP contribution in [0.25, 0.3) is 10.9 Å². The molecule has 124 valence electrons. The second-order valence-electron chi connectivity index (χ2n) is 5.21. The smallest absolute Gasteiger partial charge is 0.307 e. The molecule has 0 saturated heterocycles. The van der Waals surface area contributed by atoms with E-state index >= 15 is 0 Å². The fourth-order valence-corrected chi connectivity index (χ4v) is 3.58. The summed E-state index contributed by atoms with van der Waals surface area (Å²) in [4.78, 5) is 23.9. The maximum absolute atomic E-state index is 13.2. The normalized spacial score (nSPS) is 11.1. The number of fused-ring (bicyclic) bond motifs is 1. The number of carboxylic acids is 1. The highest BCUT2D eigenvalue weighted by Gasteiger charge is 2.24. The minimum absolute atomic E-state index is 0.0186. The second-order valence-corrected chi connectivity index (χ2v) is 6.45. The molecule has 0 saturated carbocycles. The van der Waals surface area contributed by atoms with Crippen LogP contribution in [0.3, 0.4) is 0 Å². The van der Waals surface area contributed by atoms with Crippen molar-refractivity contribution in [3.05, 3.63) is 50.6 Å². The molecular formula is C16H11ClFNO4S. The summed E-state index contributed by atoms with van der Waals surface area (Å²) in [6.07, 6.45) is -0.357. The number of carbonyl (C=O) groups excluding carboxylic acids is 1. The monoisotopic (exact) mass is 367 g/mol. The van der Waals surface area contributed by atoms with E-state index in [0.717, 1.165) is 17.4 Å². The lowest BCUT2D eigenvalue weighted by Crippen LogP contribution is -2.13. The summed E-state index contributed by atoms with van der Waals surface area (Å²) in [6, 6.07) is 3.93. The third-order valence-electron chi connectivity index (χ3n) is 3.76. The Hall–Kier alpha value is -2.38. The maximum Gasteiger partial charge on any atom is 0.307 e. The Morgan fingerprint density at radius 3 is 2.67 bits per heavy atom. The van der Waals surface area contributed by atoms with Crippen molar-refractivity contribution in [1.82, 2.24) is 4.57 Å². The van der Waals surface area contributed by atoms with Gasteiger partial charge in [-0.2, -0.15) is 4.39 Å². The Morgan fingerprint density at radius 2 is 2.08 bits per heavy atom. The largest absolute Gasteiger partial charge is 0.506 e. The van der Waals surface area contributed by atoms with E-state index in [-0.39, 0.29) is 22.8 Å². The van der Waals surface area contributed by atoms with Crippen LogP contribution in [0, 0.1) is 12.1 Å². The zero-order valence-electron chi connectivity index (χ0n) is 12.3. The number of aromatic nitrogens is 1. The summed E-state index contributed by atoms with van der Waals surface area (Å²) < 4.78 is 14.5. The molecule has 2 N–H and O–H groups in total. The molecule has 0 aliphatic rings. The Labute approximate surface area is 144 Å². The summed E-state index contributed by atoms with van der Waals surface area (Å²) in [5, 5.41) is 20.1. The molecule has 0 amide bonds. The molecule has 0 unspecified atom stereocenters. The van der Waals surface area contributed by atoms with Gasteiger partial charge in [0.2, 0.25) is 0 Å². The van der Waals surface area contributed by atoms with Crippen LogP contribution >= 0.6 is 22.9 Å². The van der Waals surface area contributed by atoms with E-state index in [1.165, 1.54) is 22.1 Å². The van der Waals surface area contributed by atoms with E-state index in [1.54, 1.807) is 6.92 Å². The molecule has 0 atom stereocenters. The summed E-state index contributed by atoms with van der Waals surface area (Å²) in [6.45, 7) is 1.59. The lowest BCUT2D eigenvalue weighted by Gasteiger charge is -2.06. The van der Waals surface area contributed by atoms with Crippen LogP contribution in [-0.4, -0.2) is 26.7 Å². The highest BCUT2D eigenvalue weighted by atomic mass is 35.5. The number of thiophene rings is 1. The minimum Gasteiger partial charge on any atom is -0.506 e. The van der Waals surface area contributed by atoms with E-state index in [9.17, 15) is 19.1 Å². The number of nitrogens with zero attached hydrogens (tertiary/aromatic N) is 1. The molecule has 8 heteroatoms. The topological polar surface area (TPSA) is 79.5 Å². The summed E-state index contributed by atoms with van der Waals surface area (Å²) in [5.41, 5.74) is 1.24. The van der Waals surface area contributed by atoms with Crippen molar-refractivity contribution in [2.45, 2.75) is 13.3 Å². The molecule has 3 rings (SSSR count). The maximum atomic E-state index is 13.2. The number of aliphatic carboxylic acids is 1. The fraction of sp³-hybridized carbons (Fsp3) is 0.125. The number of halogens is 2. The Balaban J connectivity index is 2.32. The van der Waals surface area contributed by atoms with Gasteiger partial charge in [-0.15, -0.1) is 11.3 Å². The first-order valence-electron chi connectivity index (χ1n) is 6.83. The van der Waals surface area contributed by atoms with Gasteiger partial charge in [-0.1, -0.05) is 11.6 Å². The standard InChI is InChI=1S/C16H11ClFNO4S/c1-7-9(5-13(21)22)14-10(2-3-11(20)15(14)17)19(7)16(23)8-4-12(18)24-6-8/h2-4,6,20H,5H2,1H3,(H,21,22). The average Bonchev–Trinajstić information content (AvgIpc) is 3.05. The molecular weight excluding hydrogens is 357 g/mol. The molecule has 0 aliphatic heterocycles. The zero-order chi connectivity index (χ0) is 17.6. The molecule has 2 heterocycles.